The predicted octanol–water partition coefficient (Wildman–Crippen LogP) is 1.85. The number of hydrogen-bond acceptors (Lipinski definition) is 4. The Kier molecular flexibility index (Phi) is 3.72. The van der Waals surface area contributed by atoms with Gasteiger partial charge in [-0.15, -0.1) is 0 Å². The van der Waals surface area contributed by atoms with Crippen LogP contribution >= 0.6 is 0 Å². The lowest BCUT2D eigenvalue weighted by Gasteiger charge is -1.94. The number of aryl methyl sites for hydroxylation is 2. The van der Waals surface area contributed by atoms with Gasteiger partial charge in [-0.05, 0) is 13.3 Å². The van der Waals surface area contributed by atoms with Crippen molar-refractivity contribution in [2.75, 3.05) is 0 Å². The Bertz CT molecular complexity index is 531. The zero-order valence-corrected chi connectivity index (χ0v) is 10.2. The first-order valence-electron chi connectivity index (χ1n) is 5.83. The van der Waals surface area contributed by atoms with Gasteiger partial charge in [0.05, 0.1) is 0 Å². The molecule has 1 amide bonds. The molecule has 0 spiro atoms. The molecule has 0 aliphatic rings. The molecule has 1 heterocycles. The number of carbonyl (C=O) groups excluding carboxylic acids is 1. The summed E-state index contributed by atoms with van der Waals surface area (Å²) < 4.78 is 5.12. The number of aromatic nitrogens is 2. The molecular formula is C13H15N3O2. The van der Waals surface area contributed by atoms with Gasteiger partial charge < -0.3 is 10.3 Å². The van der Waals surface area contributed by atoms with E-state index in [1.165, 1.54) is 5.56 Å². The van der Waals surface area contributed by atoms with E-state index in [0.717, 1.165) is 5.56 Å². The quantitative estimate of drug-likeness (QED) is 0.871. The monoisotopic (exact) mass is 245 g/mol. The van der Waals surface area contributed by atoms with Crippen LogP contribution < -0.4 is 5.73 Å². The Morgan fingerprint density at radius 3 is 2.72 bits per heavy atom. The van der Waals surface area contributed by atoms with Gasteiger partial charge in [-0.25, -0.2) is 0 Å². The summed E-state index contributed by atoms with van der Waals surface area (Å²) >= 11 is 0. The van der Waals surface area contributed by atoms with Crippen molar-refractivity contribution in [2.45, 2.75) is 26.2 Å². The Morgan fingerprint density at radius 1 is 1.33 bits per heavy atom. The summed E-state index contributed by atoms with van der Waals surface area (Å²) in [4.78, 5) is 14.9. The van der Waals surface area contributed by atoms with Crippen molar-refractivity contribution in [2.24, 2.45) is 5.73 Å². The van der Waals surface area contributed by atoms with Crippen molar-refractivity contribution in [1.82, 2.24) is 10.1 Å². The molecule has 0 radical (unpaired) electrons. The number of amides is 1. The van der Waals surface area contributed by atoms with Crippen molar-refractivity contribution < 1.29 is 9.32 Å². The van der Waals surface area contributed by atoms with Gasteiger partial charge in [-0.2, -0.15) is 4.98 Å². The lowest BCUT2D eigenvalue weighted by Crippen LogP contribution is -2.10. The molecule has 2 N–H and O–H groups in total. The fourth-order valence-corrected chi connectivity index (χ4v) is 1.59. The van der Waals surface area contributed by atoms with E-state index in [4.69, 9.17) is 10.3 Å². The minimum Gasteiger partial charge on any atom is -0.370 e. The first-order valence-corrected chi connectivity index (χ1v) is 5.83. The topological polar surface area (TPSA) is 82.0 Å². The van der Waals surface area contributed by atoms with Crippen molar-refractivity contribution in [3.05, 3.63) is 35.7 Å². The van der Waals surface area contributed by atoms with Crippen LogP contribution in [0.5, 0.6) is 0 Å². The fraction of sp³-hybridized carbons (Fsp3) is 0.308. The van der Waals surface area contributed by atoms with E-state index in [1.807, 2.05) is 31.2 Å². The number of benzene rings is 1. The van der Waals surface area contributed by atoms with E-state index >= 15 is 0 Å². The van der Waals surface area contributed by atoms with Crippen LogP contribution in [0.15, 0.2) is 28.8 Å². The van der Waals surface area contributed by atoms with Crippen LogP contribution in [-0.4, -0.2) is 16.0 Å². The lowest BCUT2D eigenvalue weighted by atomic mass is 10.1. The Labute approximate surface area is 105 Å². The highest BCUT2D eigenvalue weighted by Crippen LogP contribution is 2.16. The summed E-state index contributed by atoms with van der Waals surface area (Å²) in [6.45, 7) is 2.02. The number of rotatable bonds is 5. The maximum atomic E-state index is 10.6. The standard InChI is InChI=1S/C13H15N3O2/c1-9-5-7-10(8-6-9)13-15-12(18-16-13)4-2-3-11(14)17/h5-8H,2-4H2,1H3,(H2,14,17). The second kappa shape index (κ2) is 5.44. The van der Waals surface area contributed by atoms with E-state index in [2.05, 4.69) is 10.1 Å². The average Bonchev–Trinajstić information content (AvgIpc) is 2.78. The minimum atomic E-state index is -0.312. The number of carbonyl (C=O) groups is 1. The predicted molar refractivity (Wildman–Crippen MR) is 66.6 cm³/mol. The Hall–Kier alpha value is -2.17. The molecule has 0 aliphatic carbocycles. The molecule has 0 aliphatic heterocycles. The van der Waals surface area contributed by atoms with Crippen molar-refractivity contribution >= 4 is 5.91 Å². The Morgan fingerprint density at radius 2 is 2.06 bits per heavy atom. The van der Waals surface area contributed by atoms with Crippen LogP contribution in [0.2, 0.25) is 0 Å². The highest BCUT2D eigenvalue weighted by molar-refractivity contribution is 5.73. The summed E-state index contributed by atoms with van der Waals surface area (Å²) in [5.74, 6) is 0.796. The third kappa shape index (κ3) is 3.16. The van der Waals surface area contributed by atoms with Gasteiger partial charge in [0.2, 0.25) is 17.6 Å². The van der Waals surface area contributed by atoms with E-state index in [9.17, 15) is 4.79 Å². The molecule has 5 nitrogen and oxygen atoms in total. The van der Waals surface area contributed by atoms with Crippen LogP contribution in [0, 0.1) is 6.92 Å². The molecule has 0 saturated carbocycles. The third-order valence-electron chi connectivity index (χ3n) is 2.59. The van der Waals surface area contributed by atoms with Crippen LogP contribution in [0.4, 0.5) is 0 Å². The lowest BCUT2D eigenvalue weighted by molar-refractivity contribution is -0.118. The zero-order chi connectivity index (χ0) is 13.0. The molecular weight excluding hydrogens is 230 g/mol. The number of hydrogen-bond donors (Lipinski definition) is 1. The van der Waals surface area contributed by atoms with Crippen LogP contribution in [-0.2, 0) is 11.2 Å². The molecule has 0 saturated heterocycles. The van der Waals surface area contributed by atoms with E-state index in [-0.39, 0.29) is 5.91 Å². The smallest absolute Gasteiger partial charge is 0.226 e. The molecule has 0 fully saturated rings. The third-order valence-corrected chi connectivity index (χ3v) is 2.59. The molecule has 94 valence electrons. The first-order chi connectivity index (χ1) is 8.65. The van der Waals surface area contributed by atoms with E-state index < -0.39 is 0 Å². The average molecular weight is 245 g/mol. The van der Waals surface area contributed by atoms with Crippen molar-refractivity contribution in [3.8, 4) is 11.4 Å². The van der Waals surface area contributed by atoms with Crippen LogP contribution in [0.1, 0.15) is 24.3 Å². The van der Waals surface area contributed by atoms with Crippen molar-refractivity contribution in [3.63, 3.8) is 0 Å². The van der Waals surface area contributed by atoms with Gasteiger partial charge in [0.25, 0.3) is 0 Å². The maximum Gasteiger partial charge on any atom is 0.226 e. The molecule has 1 aromatic carbocycles. The van der Waals surface area contributed by atoms with Crippen LogP contribution in [0.25, 0.3) is 11.4 Å². The largest absolute Gasteiger partial charge is 0.370 e. The normalized spacial score (nSPS) is 10.5. The molecule has 5 heteroatoms. The highest BCUT2D eigenvalue weighted by Gasteiger charge is 2.08. The van der Waals surface area contributed by atoms with Crippen LogP contribution in [0.3, 0.4) is 0 Å². The fourth-order valence-electron chi connectivity index (χ4n) is 1.59. The molecule has 0 unspecified atom stereocenters. The van der Waals surface area contributed by atoms with Gasteiger partial charge >= 0.3 is 0 Å². The van der Waals surface area contributed by atoms with E-state index in [1.54, 1.807) is 0 Å². The molecule has 2 rings (SSSR count). The summed E-state index contributed by atoms with van der Waals surface area (Å²) in [5.41, 5.74) is 7.17. The molecule has 18 heavy (non-hydrogen) atoms. The van der Waals surface area contributed by atoms with Gasteiger partial charge in [-0.1, -0.05) is 35.0 Å². The highest BCUT2D eigenvalue weighted by atomic mass is 16.5. The number of nitrogens with zero attached hydrogens (tertiary/aromatic N) is 2. The summed E-state index contributed by atoms with van der Waals surface area (Å²) in [6.07, 6.45) is 1.54. The second-order valence-corrected chi connectivity index (χ2v) is 4.20. The van der Waals surface area contributed by atoms with E-state index in [0.29, 0.717) is 31.0 Å². The van der Waals surface area contributed by atoms with Gasteiger partial charge in [0, 0.05) is 18.4 Å². The SMILES string of the molecule is Cc1ccc(-c2noc(CCCC(N)=O)n2)cc1. The summed E-state index contributed by atoms with van der Waals surface area (Å²) in [7, 11) is 0. The number of nitrogens with two attached hydrogens (primary N) is 1. The maximum absolute atomic E-state index is 10.6. The molecule has 0 atom stereocenters. The molecule has 1 aromatic heterocycles. The summed E-state index contributed by atoms with van der Waals surface area (Å²) in [6, 6.07) is 7.90. The van der Waals surface area contributed by atoms with Gasteiger partial charge in [0.15, 0.2) is 0 Å². The summed E-state index contributed by atoms with van der Waals surface area (Å²) in [5, 5.41) is 3.91. The van der Waals surface area contributed by atoms with Crippen molar-refractivity contribution in [1.29, 1.82) is 0 Å². The van der Waals surface area contributed by atoms with Gasteiger partial charge in [-0.3, -0.25) is 4.79 Å². The molecule has 0 bridgehead atoms. The second-order valence-electron chi connectivity index (χ2n) is 4.20. The minimum absolute atomic E-state index is 0.312. The van der Waals surface area contributed by atoms with Gasteiger partial charge in [0.1, 0.15) is 0 Å². The zero-order valence-electron chi connectivity index (χ0n) is 10.2. The first kappa shape index (κ1) is 12.3. The molecule has 2 aromatic rings. The Balaban J connectivity index is 2.01. The number of primary amides is 1.